The molecule has 4 heteroatoms. The average molecular weight is 203 g/mol. The molecule has 2 atom stereocenters. The Bertz CT molecular complexity index is 184. The van der Waals surface area contributed by atoms with Gasteiger partial charge in [0, 0.05) is 6.04 Å². The van der Waals surface area contributed by atoms with Crippen molar-refractivity contribution in [3.8, 4) is 0 Å². The molecule has 0 unspecified atom stereocenters. The summed E-state index contributed by atoms with van der Waals surface area (Å²) in [5.41, 5.74) is -0.478. The average Bonchev–Trinajstić information content (AvgIpc) is 1.77. The highest BCUT2D eigenvalue weighted by Gasteiger charge is 2.17. The van der Waals surface area contributed by atoms with Gasteiger partial charge in [-0.15, -0.1) is 0 Å². The molecule has 2 N–H and O–H groups in total. The Kier molecular flexibility index (Phi) is 4.91. The van der Waals surface area contributed by atoms with Gasteiger partial charge in [-0.05, 0) is 41.0 Å². The lowest BCUT2D eigenvalue weighted by Gasteiger charge is -2.22. The van der Waals surface area contributed by atoms with Crippen LogP contribution >= 0.6 is 0 Å². The van der Waals surface area contributed by atoms with Crippen molar-refractivity contribution in [1.82, 2.24) is 5.32 Å². The van der Waals surface area contributed by atoms with Gasteiger partial charge in [-0.1, -0.05) is 0 Å². The minimum absolute atomic E-state index is 0.0788. The van der Waals surface area contributed by atoms with Crippen LogP contribution in [0.4, 0.5) is 4.79 Å². The van der Waals surface area contributed by atoms with Gasteiger partial charge in [-0.3, -0.25) is 0 Å². The molecule has 84 valence electrons. The SMILES string of the molecule is C[C@H](O)C[C@H](C)NC(=O)OC(C)(C)C. The fraction of sp³-hybridized carbons (Fsp3) is 0.900. The zero-order valence-electron chi connectivity index (χ0n) is 9.63. The van der Waals surface area contributed by atoms with Crippen LogP contribution in [-0.4, -0.2) is 28.9 Å². The quantitative estimate of drug-likeness (QED) is 0.733. The molecule has 0 rings (SSSR count). The largest absolute Gasteiger partial charge is 0.444 e. The molecule has 0 aliphatic heterocycles. The number of alkyl carbamates (subject to hydrolysis) is 1. The highest BCUT2D eigenvalue weighted by Crippen LogP contribution is 2.07. The summed E-state index contributed by atoms with van der Waals surface area (Å²) in [6, 6.07) is -0.0788. The van der Waals surface area contributed by atoms with Gasteiger partial charge < -0.3 is 15.2 Å². The summed E-state index contributed by atoms with van der Waals surface area (Å²) < 4.78 is 5.06. The van der Waals surface area contributed by atoms with E-state index in [0.717, 1.165) is 0 Å². The van der Waals surface area contributed by atoms with Gasteiger partial charge in [0.25, 0.3) is 0 Å². The lowest BCUT2D eigenvalue weighted by atomic mass is 10.1. The van der Waals surface area contributed by atoms with Gasteiger partial charge >= 0.3 is 6.09 Å². The van der Waals surface area contributed by atoms with E-state index in [1.165, 1.54) is 0 Å². The van der Waals surface area contributed by atoms with Crippen molar-refractivity contribution >= 4 is 6.09 Å². The number of aliphatic hydroxyl groups is 1. The maximum absolute atomic E-state index is 11.2. The monoisotopic (exact) mass is 203 g/mol. The van der Waals surface area contributed by atoms with Crippen molar-refractivity contribution < 1.29 is 14.6 Å². The molecule has 0 saturated carbocycles. The molecule has 0 heterocycles. The molecule has 0 spiro atoms. The first-order valence-electron chi connectivity index (χ1n) is 4.88. The molecule has 0 aromatic carbocycles. The van der Waals surface area contributed by atoms with Crippen LogP contribution in [0.25, 0.3) is 0 Å². The third kappa shape index (κ3) is 7.86. The second-order valence-corrected chi connectivity index (χ2v) is 4.63. The van der Waals surface area contributed by atoms with E-state index in [1.807, 2.05) is 27.7 Å². The van der Waals surface area contributed by atoms with Gasteiger partial charge in [0.1, 0.15) is 5.60 Å². The van der Waals surface area contributed by atoms with Crippen molar-refractivity contribution in [1.29, 1.82) is 0 Å². The smallest absolute Gasteiger partial charge is 0.407 e. The van der Waals surface area contributed by atoms with E-state index in [1.54, 1.807) is 6.92 Å². The summed E-state index contributed by atoms with van der Waals surface area (Å²) in [5, 5.41) is 11.7. The first-order chi connectivity index (χ1) is 6.20. The summed E-state index contributed by atoms with van der Waals surface area (Å²) in [6.07, 6.45) is -0.329. The fourth-order valence-electron chi connectivity index (χ4n) is 1.08. The van der Waals surface area contributed by atoms with E-state index in [2.05, 4.69) is 5.32 Å². The predicted octanol–water partition coefficient (Wildman–Crippen LogP) is 1.67. The first-order valence-corrected chi connectivity index (χ1v) is 4.88. The van der Waals surface area contributed by atoms with Crippen LogP contribution in [-0.2, 0) is 4.74 Å². The summed E-state index contributed by atoms with van der Waals surface area (Å²) in [4.78, 5) is 11.2. The number of nitrogens with one attached hydrogen (secondary N) is 1. The van der Waals surface area contributed by atoms with Crippen molar-refractivity contribution in [2.45, 2.75) is 58.8 Å². The predicted molar refractivity (Wildman–Crippen MR) is 55.1 cm³/mol. The lowest BCUT2D eigenvalue weighted by molar-refractivity contribution is 0.0493. The van der Waals surface area contributed by atoms with Crippen molar-refractivity contribution in [3.05, 3.63) is 0 Å². The number of hydrogen-bond donors (Lipinski definition) is 2. The minimum atomic E-state index is -0.478. The summed E-state index contributed by atoms with van der Waals surface area (Å²) in [6.45, 7) is 8.95. The first kappa shape index (κ1) is 13.2. The number of amides is 1. The van der Waals surface area contributed by atoms with Gasteiger partial charge in [-0.25, -0.2) is 4.79 Å². The molecule has 0 saturated heterocycles. The molecule has 0 aromatic heterocycles. The van der Waals surface area contributed by atoms with Crippen LogP contribution < -0.4 is 5.32 Å². The highest BCUT2D eigenvalue weighted by molar-refractivity contribution is 5.67. The summed E-state index contributed by atoms with van der Waals surface area (Å²) >= 11 is 0. The number of hydrogen-bond acceptors (Lipinski definition) is 3. The zero-order chi connectivity index (χ0) is 11.4. The molecule has 0 aliphatic rings. The van der Waals surface area contributed by atoms with Crippen LogP contribution in [0.15, 0.2) is 0 Å². The Hall–Kier alpha value is -0.770. The molecule has 1 amide bonds. The van der Waals surface area contributed by atoms with Gasteiger partial charge in [0.15, 0.2) is 0 Å². The van der Waals surface area contributed by atoms with E-state index in [4.69, 9.17) is 9.84 Å². The molecule has 0 fully saturated rings. The topological polar surface area (TPSA) is 58.6 Å². The Balaban J connectivity index is 3.83. The number of ether oxygens (including phenoxy) is 1. The Morgan fingerprint density at radius 1 is 1.43 bits per heavy atom. The van der Waals surface area contributed by atoms with Crippen molar-refractivity contribution in [3.63, 3.8) is 0 Å². The standard InChI is InChI=1S/C10H21NO3/c1-7(6-8(2)12)11-9(13)14-10(3,4)5/h7-8,12H,6H2,1-5H3,(H,11,13)/t7-,8-/m0/s1. The van der Waals surface area contributed by atoms with Gasteiger partial charge in [-0.2, -0.15) is 0 Å². The third-order valence-corrected chi connectivity index (χ3v) is 1.46. The molecule has 0 bridgehead atoms. The summed E-state index contributed by atoms with van der Waals surface area (Å²) in [7, 11) is 0. The van der Waals surface area contributed by atoms with E-state index in [0.29, 0.717) is 6.42 Å². The Labute approximate surface area is 85.6 Å². The molecular weight excluding hydrogens is 182 g/mol. The third-order valence-electron chi connectivity index (χ3n) is 1.46. The van der Waals surface area contributed by atoms with E-state index >= 15 is 0 Å². The molecule has 4 nitrogen and oxygen atoms in total. The Morgan fingerprint density at radius 2 is 1.93 bits per heavy atom. The van der Waals surface area contributed by atoms with E-state index in [-0.39, 0.29) is 6.04 Å². The molecule has 0 aliphatic carbocycles. The molecule has 14 heavy (non-hydrogen) atoms. The fourth-order valence-corrected chi connectivity index (χ4v) is 1.08. The van der Waals surface area contributed by atoms with E-state index in [9.17, 15) is 4.79 Å². The van der Waals surface area contributed by atoms with Crippen molar-refractivity contribution in [2.75, 3.05) is 0 Å². The molecule has 0 radical (unpaired) electrons. The van der Waals surface area contributed by atoms with Crippen molar-refractivity contribution in [2.24, 2.45) is 0 Å². The maximum atomic E-state index is 11.2. The number of aliphatic hydroxyl groups excluding tert-OH is 1. The number of carbonyl (C=O) groups excluding carboxylic acids is 1. The summed E-state index contributed by atoms with van der Waals surface area (Å²) in [5.74, 6) is 0. The van der Waals surface area contributed by atoms with Crippen LogP contribution in [0.1, 0.15) is 41.0 Å². The lowest BCUT2D eigenvalue weighted by Crippen LogP contribution is -2.38. The van der Waals surface area contributed by atoms with Crippen LogP contribution in [0.5, 0.6) is 0 Å². The number of rotatable bonds is 3. The maximum Gasteiger partial charge on any atom is 0.407 e. The molecule has 0 aromatic rings. The van der Waals surface area contributed by atoms with Crippen LogP contribution in [0.3, 0.4) is 0 Å². The van der Waals surface area contributed by atoms with Crippen LogP contribution in [0.2, 0.25) is 0 Å². The van der Waals surface area contributed by atoms with Gasteiger partial charge in [0.2, 0.25) is 0 Å². The Morgan fingerprint density at radius 3 is 2.29 bits per heavy atom. The highest BCUT2D eigenvalue weighted by atomic mass is 16.6. The number of carbonyl (C=O) groups is 1. The second-order valence-electron chi connectivity index (χ2n) is 4.63. The zero-order valence-corrected chi connectivity index (χ0v) is 9.63. The molecular formula is C10H21NO3. The second kappa shape index (κ2) is 5.20. The van der Waals surface area contributed by atoms with E-state index < -0.39 is 17.8 Å². The van der Waals surface area contributed by atoms with Crippen LogP contribution in [0, 0.1) is 0 Å². The van der Waals surface area contributed by atoms with Gasteiger partial charge in [0.05, 0.1) is 6.10 Å². The minimum Gasteiger partial charge on any atom is -0.444 e. The normalized spacial score (nSPS) is 15.9.